The van der Waals surface area contributed by atoms with Crippen molar-refractivity contribution in [3.05, 3.63) is 60.2 Å². The highest BCUT2D eigenvalue weighted by molar-refractivity contribution is 7.99. The molecule has 2 aromatic carbocycles. The van der Waals surface area contributed by atoms with Crippen LogP contribution >= 0.6 is 24.2 Å². The summed E-state index contributed by atoms with van der Waals surface area (Å²) in [5.41, 5.74) is 6.69. The molecule has 3 rings (SSSR count). The van der Waals surface area contributed by atoms with Crippen LogP contribution in [0.1, 0.15) is 23.7 Å². The van der Waals surface area contributed by atoms with Crippen molar-refractivity contribution < 1.29 is 4.79 Å². The summed E-state index contributed by atoms with van der Waals surface area (Å²) in [6.07, 6.45) is 0.975. The molecule has 2 N–H and O–H groups in total. The fraction of sp³-hybridized carbons (Fsp3) is 0.316. The molecular weight excluding hydrogens is 340 g/mol. The van der Waals surface area contributed by atoms with E-state index in [2.05, 4.69) is 19.1 Å². The van der Waals surface area contributed by atoms with Crippen LogP contribution in [0.2, 0.25) is 0 Å². The minimum absolute atomic E-state index is 0. The number of benzene rings is 2. The second-order valence-electron chi connectivity index (χ2n) is 6.40. The lowest BCUT2D eigenvalue weighted by Gasteiger charge is -2.23. The lowest BCUT2D eigenvalue weighted by molar-refractivity contribution is 0.0773. The van der Waals surface area contributed by atoms with Gasteiger partial charge in [0, 0.05) is 22.9 Å². The minimum atomic E-state index is 0. The van der Waals surface area contributed by atoms with Crippen LogP contribution in [-0.2, 0) is 0 Å². The molecule has 24 heavy (non-hydrogen) atoms. The van der Waals surface area contributed by atoms with Gasteiger partial charge in [-0.2, -0.15) is 0 Å². The molecule has 0 spiro atoms. The Bertz CT molecular complexity index is 695. The molecule has 1 atom stereocenters. The van der Waals surface area contributed by atoms with E-state index in [0.29, 0.717) is 6.54 Å². The van der Waals surface area contributed by atoms with E-state index >= 15 is 0 Å². The molecule has 5 heteroatoms. The third kappa shape index (κ3) is 4.12. The van der Waals surface area contributed by atoms with E-state index in [1.807, 2.05) is 47.4 Å². The Morgan fingerprint density at radius 2 is 1.83 bits per heavy atom. The van der Waals surface area contributed by atoms with Gasteiger partial charge in [0.1, 0.15) is 0 Å². The molecule has 2 aromatic rings. The predicted molar refractivity (Wildman–Crippen MR) is 102 cm³/mol. The number of hydrogen-bond donors (Lipinski definition) is 1. The summed E-state index contributed by atoms with van der Waals surface area (Å²) in [5, 5.41) is 0. The zero-order chi connectivity index (χ0) is 16.3. The number of likely N-dealkylation sites (tertiary alicyclic amines) is 1. The van der Waals surface area contributed by atoms with Crippen molar-refractivity contribution in [3.8, 4) is 0 Å². The molecule has 0 radical (unpaired) electrons. The van der Waals surface area contributed by atoms with Crippen molar-refractivity contribution in [1.29, 1.82) is 0 Å². The molecule has 1 fully saturated rings. The molecule has 1 amide bonds. The normalized spacial score (nSPS) is 19.8. The van der Waals surface area contributed by atoms with E-state index < -0.39 is 0 Å². The number of amides is 1. The van der Waals surface area contributed by atoms with E-state index in [0.717, 1.165) is 34.9 Å². The Morgan fingerprint density at radius 3 is 2.50 bits per heavy atom. The fourth-order valence-corrected chi connectivity index (χ4v) is 3.84. The molecule has 3 nitrogen and oxygen atoms in total. The van der Waals surface area contributed by atoms with Crippen LogP contribution in [0, 0.1) is 5.41 Å². The van der Waals surface area contributed by atoms with Gasteiger partial charge in [0.25, 0.3) is 5.91 Å². The lowest BCUT2D eigenvalue weighted by Crippen LogP contribution is -2.34. The number of hydrogen-bond acceptors (Lipinski definition) is 3. The van der Waals surface area contributed by atoms with E-state index in [1.54, 1.807) is 11.8 Å². The first kappa shape index (κ1) is 18.8. The van der Waals surface area contributed by atoms with Crippen molar-refractivity contribution in [2.75, 3.05) is 19.6 Å². The Labute approximate surface area is 154 Å². The molecule has 1 heterocycles. The first-order valence-electron chi connectivity index (χ1n) is 7.93. The third-order valence-electron chi connectivity index (χ3n) is 4.43. The summed E-state index contributed by atoms with van der Waals surface area (Å²) in [6.45, 7) is 4.31. The standard InChI is InChI=1S/C19H22N2OS.ClH/c1-19(13-20)11-12-21(14-19)18(22)16-9-5-6-10-17(16)23-15-7-3-2-4-8-15;/h2-10H,11-14,20H2,1H3;1H. The molecule has 1 aliphatic rings. The third-order valence-corrected chi connectivity index (χ3v) is 5.51. The second kappa shape index (κ2) is 8.06. The van der Waals surface area contributed by atoms with E-state index in [1.165, 1.54) is 0 Å². The number of carbonyl (C=O) groups excluding carboxylic acids is 1. The topological polar surface area (TPSA) is 46.3 Å². The molecular formula is C19H23ClN2OS. The van der Waals surface area contributed by atoms with Crippen molar-refractivity contribution >= 4 is 30.1 Å². The van der Waals surface area contributed by atoms with Gasteiger partial charge in [-0.1, -0.05) is 49.0 Å². The summed E-state index contributed by atoms with van der Waals surface area (Å²) in [4.78, 5) is 17.0. The maximum absolute atomic E-state index is 12.9. The number of halogens is 1. The Kier molecular flexibility index (Phi) is 6.33. The van der Waals surface area contributed by atoms with Crippen molar-refractivity contribution in [3.63, 3.8) is 0 Å². The van der Waals surface area contributed by atoms with Gasteiger partial charge in [-0.25, -0.2) is 0 Å². The number of nitrogens with two attached hydrogens (primary N) is 1. The van der Waals surface area contributed by atoms with E-state index in [-0.39, 0.29) is 23.7 Å². The summed E-state index contributed by atoms with van der Waals surface area (Å²) in [6, 6.07) is 18.0. The SMILES string of the molecule is CC1(CN)CCN(C(=O)c2ccccc2Sc2ccccc2)C1.Cl. The van der Waals surface area contributed by atoms with Crippen LogP contribution in [-0.4, -0.2) is 30.4 Å². The monoisotopic (exact) mass is 362 g/mol. The van der Waals surface area contributed by atoms with Crippen LogP contribution in [0.3, 0.4) is 0 Å². The van der Waals surface area contributed by atoms with Gasteiger partial charge in [-0.15, -0.1) is 12.4 Å². The quantitative estimate of drug-likeness (QED) is 0.891. The van der Waals surface area contributed by atoms with E-state index in [9.17, 15) is 4.79 Å². The average Bonchev–Trinajstić information content (AvgIpc) is 2.99. The van der Waals surface area contributed by atoms with Gasteiger partial charge in [0.2, 0.25) is 0 Å². The average molecular weight is 363 g/mol. The Hall–Kier alpha value is -1.49. The molecule has 0 bridgehead atoms. The second-order valence-corrected chi connectivity index (χ2v) is 7.52. The maximum Gasteiger partial charge on any atom is 0.255 e. The first-order valence-corrected chi connectivity index (χ1v) is 8.74. The first-order chi connectivity index (χ1) is 11.1. The highest BCUT2D eigenvalue weighted by Crippen LogP contribution is 2.33. The Morgan fingerprint density at radius 1 is 1.17 bits per heavy atom. The fourth-order valence-electron chi connectivity index (χ4n) is 2.88. The highest BCUT2D eigenvalue weighted by atomic mass is 35.5. The van der Waals surface area contributed by atoms with Crippen LogP contribution in [0.4, 0.5) is 0 Å². The lowest BCUT2D eigenvalue weighted by atomic mass is 9.90. The van der Waals surface area contributed by atoms with Gasteiger partial charge < -0.3 is 10.6 Å². The molecule has 1 saturated heterocycles. The zero-order valence-corrected chi connectivity index (χ0v) is 15.4. The van der Waals surface area contributed by atoms with Crippen LogP contribution in [0.25, 0.3) is 0 Å². The van der Waals surface area contributed by atoms with E-state index in [4.69, 9.17) is 5.73 Å². The molecule has 0 aromatic heterocycles. The zero-order valence-electron chi connectivity index (χ0n) is 13.8. The van der Waals surface area contributed by atoms with Crippen molar-refractivity contribution in [2.24, 2.45) is 11.1 Å². The van der Waals surface area contributed by atoms with Gasteiger partial charge in [0.15, 0.2) is 0 Å². The number of carbonyl (C=O) groups is 1. The highest BCUT2D eigenvalue weighted by Gasteiger charge is 2.35. The van der Waals surface area contributed by atoms with Gasteiger partial charge in [-0.3, -0.25) is 4.79 Å². The molecule has 1 aliphatic heterocycles. The van der Waals surface area contributed by atoms with Gasteiger partial charge in [0.05, 0.1) is 5.56 Å². The number of nitrogens with zero attached hydrogens (tertiary/aromatic N) is 1. The van der Waals surface area contributed by atoms with Gasteiger partial charge in [-0.05, 0) is 42.6 Å². The van der Waals surface area contributed by atoms with Crippen LogP contribution in [0.5, 0.6) is 0 Å². The summed E-state index contributed by atoms with van der Waals surface area (Å²) in [5.74, 6) is 0.112. The predicted octanol–water partition coefficient (Wildman–Crippen LogP) is 4.07. The van der Waals surface area contributed by atoms with Crippen molar-refractivity contribution in [2.45, 2.75) is 23.1 Å². The molecule has 128 valence electrons. The molecule has 0 aliphatic carbocycles. The Balaban J connectivity index is 0.00000208. The van der Waals surface area contributed by atoms with Crippen molar-refractivity contribution in [1.82, 2.24) is 4.90 Å². The van der Waals surface area contributed by atoms with Crippen LogP contribution < -0.4 is 5.73 Å². The largest absolute Gasteiger partial charge is 0.338 e. The summed E-state index contributed by atoms with van der Waals surface area (Å²) < 4.78 is 0. The summed E-state index contributed by atoms with van der Waals surface area (Å²) >= 11 is 1.63. The number of rotatable bonds is 4. The minimum Gasteiger partial charge on any atom is -0.338 e. The molecule has 1 unspecified atom stereocenters. The smallest absolute Gasteiger partial charge is 0.255 e. The van der Waals surface area contributed by atoms with Gasteiger partial charge >= 0.3 is 0 Å². The summed E-state index contributed by atoms with van der Waals surface area (Å²) in [7, 11) is 0. The molecule has 0 saturated carbocycles. The maximum atomic E-state index is 12.9. The van der Waals surface area contributed by atoms with Crippen LogP contribution in [0.15, 0.2) is 64.4 Å².